The van der Waals surface area contributed by atoms with Gasteiger partial charge in [-0.2, -0.15) is 0 Å². The molecule has 0 radical (unpaired) electrons. The Labute approximate surface area is 121 Å². The molecule has 2 nitrogen and oxygen atoms in total. The molecule has 2 rings (SSSR count). The summed E-state index contributed by atoms with van der Waals surface area (Å²) in [5.41, 5.74) is 2.64. The quantitative estimate of drug-likeness (QED) is 0.856. The fraction of sp³-hybridized carbons (Fsp3) is 0.333. The second-order valence-corrected chi connectivity index (χ2v) is 5.34. The molecule has 0 amide bonds. The molecule has 2 aromatic carbocycles. The summed E-state index contributed by atoms with van der Waals surface area (Å²) in [7, 11) is 1.70. The number of hydrogen-bond donors (Lipinski definition) is 1. The van der Waals surface area contributed by atoms with E-state index in [0.717, 1.165) is 12.2 Å². The van der Waals surface area contributed by atoms with Gasteiger partial charge in [0, 0.05) is 12.1 Å². The summed E-state index contributed by atoms with van der Waals surface area (Å²) in [5, 5.41) is 3.64. The van der Waals surface area contributed by atoms with E-state index in [9.17, 15) is 0 Å². The van der Waals surface area contributed by atoms with Gasteiger partial charge in [0.25, 0.3) is 0 Å². The molecule has 0 spiro atoms. The Hall–Kier alpha value is -1.80. The Bertz CT molecular complexity index is 505. The molecule has 106 valence electrons. The van der Waals surface area contributed by atoms with Crippen molar-refractivity contribution in [3.63, 3.8) is 0 Å². The van der Waals surface area contributed by atoms with Crippen LogP contribution in [0.15, 0.2) is 54.6 Å². The van der Waals surface area contributed by atoms with E-state index in [4.69, 9.17) is 4.74 Å². The van der Waals surface area contributed by atoms with Gasteiger partial charge in [0.15, 0.2) is 0 Å². The van der Waals surface area contributed by atoms with Crippen molar-refractivity contribution in [1.82, 2.24) is 5.32 Å². The fourth-order valence-corrected chi connectivity index (χ4v) is 2.36. The highest BCUT2D eigenvalue weighted by Gasteiger charge is 2.13. The molecule has 20 heavy (non-hydrogen) atoms. The predicted molar refractivity (Wildman–Crippen MR) is 84.2 cm³/mol. The van der Waals surface area contributed by atoms with Crippen molar-refractivity contribution in [2.24, 2.45) is 0 Å². The lowest BCUT2D eigenvalue weighted by Gasteiger charge is -2.22. The highest BCUT2D eigenvalue weighted by molar-refractivity contribution is 5.30. The van der Waals surface area contributed by atoms with Crippen LogP contribution < -0.4 is 10.1 Å². The van der Waals surface area contributed by atoms with Gasteiger partial charge in [-0.05, 0) is 29.7 Å². The van der Waals surface area contributed by atoms with E-state index in [1.165, 1.54) is 11.1 Å². The summed E-state index contributed by atoms with van der Waals surface area (Å²) in [6.07, 6.45) is 0.991. The normalized spacial score (nSPS) is 12.4. The number of ether oxygens (including phenoxy) is 1. The van der Waals surface area contributed by atoms with E-state index < -0.39 is 0 Å². The van der Waals surface area contributed by atoms with Crippen molar-refractivity contribution < 1.29 is 4.74 Å². The van der Waals surface area contributed by atoms with Crippen LogP contribution in [-0.2, 0) is 6.42 Å². The van der Waals surface area contributed by atoms with Gasteiger partial charge in [0.2, 0.25) is 0 Å². The van der Waals surface area contributed by atoms with E-state index in [0.29, 0.717) is 12.1 Å². The van der Waals surface area contributed by atoms with Crippen molar-refractivity contribution in [2.75, 3.05) is 7.11 Å². The zero-order valence-corrected chi connectivity index (χ0v) is 12.5. The van der Waals surface area contributed by atoms with Crippen LogP contribution in [0.3, 0.4) is 0 Å². The maximum atomic E-state index is 5.23. The van der Waals surface area contributed by atoms with E-state index in [1.54, 1.807) is 7.11 Å². The molecule has 0 aromatic heterocycles. The van der Waals surface area contributed by atoms with Crippen molar-refractivity contribution in [1.29, 1.82) is 0 Å². The first-order valence-electron chi connectivity index (χ1n) is 7.13. The van der Waals surface area contributed by atoms with Gasteiger partial charge in [-0.3, -0.25) is 0 Å². The van der Waals surface area contributed by atoms with Gasteiger partial charge in [-0.15, -0.1) is 0 Å². The predicted octanol–water partition coefficient (Wildman–Crippen LogP) is 3.98. The smallest absolute Gasteiger partial charge is 0.118 e. The van der Waals surface area contributed by atoms with E-state index in [1.807, 2.05) is 12.1 Å². The van der Waals surface area contributed by atoms with Crippen LogP contribution in [0.2, 0.25) is 0 Å². The Morgan fingerprint density at radius 3 is 2.15 bits per heavy atom. The third-order valence-corrected chi connectivity index (χ3v) is 3.34. The zero-order valence-electron chi connectivity index (χ0n) is 12.5. The zero-order chi connectivity index (χ0) is 14.4. The number of hydrogen-bond acceptors (Lipinski definition) is 2. The number of benzene rings is 2. The summed E-state index contributed by atoms with van der Waals surface area (Å²) in [6.45, 7) is 4.36. The molecular weight excluding hydrogens is 246 g/mol. The number of nitrogens with one attached hydrogen (secondary N) is 1. The van der Waals surface area contributed by atoms with Gasteiger partial charge in [0.1, 0.15) is 5.75 Å². The topological polar surface area (TPSA) is 21.3 Å². The standard InChI is InChI=1S/C18H23NO/c1-14(2)19-18(13-15-7-5-4-6-8-15)16-9-11-17(20-3)12-10-16/h4-12,14,18-19H,13H2,1-3H3/t18-/m0/s1. The maximum absolute atomic E-state index is 5.23. The average molecular weight is 269 g/mol. The highest BCUT2D eigenvalue weighted by atomic mass is 16.5. The average Bonchev–Trinajstić information content (AvgIpc) is 2.47. The first kappa shape index (κ1) is 14.6. The third-order valence-electron chi connectivity index (χ3n) is 3.34. The minimum atomic E-state index is 0.323. The Morgan fingerprint density at radius 1 is 0.950 bits per heavy atom. The van der Waals surface area contributed by atoms with Crippen LogP contribution in [0, 0.1) is 0 Å². The van der Waals surface area contributed by atoms with Crippen LogP contribution in [0.1, 0.15) is 31.0 Å². The number of methoxy groups -OCH3 is 1. The molecule has 0 aliphatic carbocycles. The summed E-state index contributed by atoms with van der Waals surface area (Å²) >= 11 is 0. The Morgan fingerprint density at radius 2 is 1.60 bits per heavy atom. The lowest BCUT2D eigenvalue weighted by molar-refractivity contribution is 0.414. The molecular formula is C18H23NO. The minimum absolute atomic E-state index is 0.323. The second kappa shape index (κ2) is 7.11. The monoisotopic (exact) mass is 269 g/mol. The Balaban J connectivity index is 2.17. The number of rotatable bonds is 6. The lowest BCUT2D eigenvalue weighted by Crippen LogP contribution is -2.29. The van der Waals surface area contributed by atoms with Crippen LogP contribution in [0.5, 0.6) is 5.75 Å². The first-order valence-corrected chi connectivity index (χ1v) is 7.13. The van der Waals surface area contributed by atoms with Crippen molar-refractivity contribution in [2.45, 2.75) is 32.4 Å². The molecule has 0 aliphatic rings. The van der Waals surface area contributed by atoms with Crippen molar-refractivity contribution in [3.8, 4) is 5.75 Å². The van der Waals surface area contributed by atoms with E-state index in [2.05, 4.69) is 61.6 Å². The van der Waals surface area contributed by atoms with E-state index >= 15 is 0 Å². The SMILES string of the molecule is COc1ccc([C@H](Cc2ccccc2)NC(C)C)cc1. The van der Waals surface area contributed by atoms with Gasteiger partial charge in [-0.1, -0.05) is 56.3 Å². The van der Waals surface area contributed by atoms with Crippen LogP contribution in [0.25, 0.3) is 0 Å². The van der Waals surface area contributed by atoms with Gasteiger partial charge in [0.05, 0.1) is 7.11 Å². The summed E-state index contributed by atoms with van der Waals surface area (Å²) in [4.78, 5) is 0. The fourth-order valence-electron chi connectivity index (χ4n) is 2.36. The molecule has 1 atom stereocenters. The van der Waals surface area contributed by atoms with Gasteiger partial charge in [-0.25, -0.2) is 0 Å². The van der Waals surface area contributed by atoms with Crippen LogP contribution >= 0.6 is 0 Å². The molecule has 1 N–H and O–H groups in total. The minimum Gasteiger partial charge on any atom is -0.497 e. The summed E-state index contributed by atoms with van der Waals surface area (Å²) in [6, 6.07) is 19.7. The van der Waals surface area contributed by atoms with Gasteiger partial charge < -0.3 is 10.1 Å². The molecule has 0 bridgehead atoms. The van der Waals surface area contributed by atoms with Crippen molar-refractivity contribution in [3.05, 3.63) is 65.7 Å². The molecule has 2 aromatic rings. The molecule has 0 heterocycles. The Kier molecular flexibility index (Phi) is 5.19. The van der Waals surface area contributed by atoms with Crippen molar-refractivity contribution >= 4 is 0 Å². The molecule has 2 heteroatoms. The van der Waals surface area contributed by atoms with Crippen LogP contribution in [-0.4, -0.2) is 13.2 Å². The molecule has 0 aliphatic heterocycles. The summed E-state index contributed by atoms with van der Waals surface area (Å²) in [5.74, 6) is 0.900. The van der Waals surface area contributed by atoms with Gasteiger partial charge >= 0.3 is 0 Å². The third kappa shape index (κ3) is 4.10. The molecule has 0 saturated carbocycles. The molecule has 0 fully saturated rings. The van der Waals surface area contributed by atoms with Crippen LogP contribution in [0.4, 0.5) is 0 Å². The molecule has 0 unspecified atom stereocenters. The lowest BCUT2D eigenvalue weighted by atomic mass is 9.98. The maximum Gasteiger partial charge on any atom is 0.118 e. The summed E-state index contributed by atoms with van der Waals surface area (Å²) < 4.78 is 5.23. The highest BCUT2D eigenvalue weighted by Crippen LogP contribution is 2.21. The molecule has 0 saturated heterocycles. The largest absolute Gasteiger partial charge is 0.497 e. The first-order chi connectivity index (χ1) is 9.69. The second-order valence-electron chi connectivity index (χ2n) is 5.34. The van der Waals surface area contributed by atoms with E-state index in [-0.39, 0.29) is 0 Å².